The van der Waals surface area contributed by atoms with Crippen LogP contribution in [-0.4, -0.2) is 24.3 Å². The Bertz CT molecular complexity index is 401. The van der Waals surface area contributed by atoms with E-state index in [-0.39, 0.29) is 5.56 Å². The summed E-state index contributed by atoms with van der Waals surface area (Å²) in [5, 5.41) is 3.42. The monoisotopic (exact) mass is 252 g/mol. The highest BCUT2D eigenvalue weighted by atomic mass is 16.5. The van der Waals surface area contributed by atoms with E-state index in [1.807, 2.05) is 12.3 Å². The van der Waals surface area contributed by atoms with Gasteiger partial charge in [-0.2, -0.15) is 0 Å². The number of anilines is 1. The van der Waals surface area contributed by atoms with Gasteiger partial charge < -0.3 is 14.6 Å². The first-order valence-electron chi connectivity index (χ1n) is 6.63. The first kappa shape index (κ1) is 14.8. The van der Waals surface area contributed by atoms with Gasteiger partial charge in [0, 0.05) is 32.0 Å². The normalized spacial score (nSPS) is 12.4. The number of pyridine rings is 1. The molecule has 1 aromatic rings. The summed E-state index contributed by atoms with van der Waals surface area (Å²) in [5.41, 5.74) is 1.01. The highest BCUT2D eigenvalue weighted by Crippen LogP contribution is 2.09. The molecule has 102 valence electrons. The molecule has 0 fully saturated rings. The zero-order chi connectivity index (χ0) is 13.4. The van der Waals surface area contributed by atoms with E-state index in [2.05, 4.69) is 19.2 Å². The first-order valence-corrected chi connectivity index (χ1v) is 6.63. The summed E-state index contributed by atoms with van der Waals surface area (Å²) in [4.78, 5) is 11.6. The molecule has 0 bridgehead atoms. The largest absolute Gasteiger partial charge is 0.383 e. The lowest BCUT2D eigenvalue weighted by molar-refractivity contribution is 0.186. The predicted molar refractivity (Wildman–Crippen MR) is 75.2 cm³/mol. The molecule has 1 N–H and O–H groups in total. The molecule has 0 saturated heterocycles. The molecule has 0 aliphatic heterocycles. The average Bonchev–Trinajstić information content (AvgIpc) is 2.37. The third-order valence-corrected chi connectivity index (χ3v) is 2.92. The number of unbranched alkanes of at least 4 members (excludes halogenated alkanes) is 1. The Morgan fingerprint density at radius 2 is 2.22 bits per heavy atom. The second-order valence-electron chi connectivity index (χ2n) is 4.63. The Balaban J connectivity index is 2.63. The number of nitrogens with one attached hydrogen (secondary N) is 1. The number of methoxy groups -OCH3 is 1. The minimum Gasteiger partial charge on any atom is -0.383 e. The summed E-state index contributed by atoms with van der Waals surface area (Å²) >= 11 is 0. The molecule has 4 heteroatoms. The fourth-order valence-electron chi connectivity index (χ4n) is 1.85. The van der Waals surface area contributed by atoms with Gasteiger partial charge in [0.2, 0.25) is 0 Å². The molecule has 0 radical (unpaired) electrons. The highest BCUT2D eigenvalue weighted by molar-refractivity contribution is 5.41. The molecular formula is C14H24N2O2. The van der Waals surface area contributed by atoms with Crippen LogP contribution in [0.15, 0.2) is 23.1 Å². The average molecular weight is 252 g/mol. The van der Waals surface area contributed by atoms with Crippen molar-refractivity contribution in [3.05, 3.63) is 28.7 Å². The number of hydrogen-bond donors (Lipinski definition) is 1. The van der Waals surface area contributed by atoms with Crippen LogP contribution < -0.4 is 10.9 Å². The van der Waals surface area contributed by atoms with E-state index in [1.165, 1.54) is 12.8 Å². The van der Waals surface area contributed by atoms with E-state index in [0.29, 0.717) is 19.2 Å². The second-order valence-corrected chi connectivity index (χ2v) is 4.63. The van der Waals surface area contributed by atoms with Gasteiger partial charge in [-0.15, -0.1) is 0 Å². The molecule has 1 aromatic heterocycles. The van der Waals surface area contributed by atoms with Crippen molar-refractivity contribution in [3.63, 3.8) is 0 Å². The van der Waals surface area contributed by atoms with Crippen molar-refractivity contribution >= 4 is 5.69 Å². The minimum atomic E-state index is 0.0128. The van der Waals surface area contributed by atoms with Crippen LogP contribution in [0, 0.1) is 0 Å². The lowest BCUT2D eigenvalue weighted by Gasteiger charge is -2.16. The molecule has 0 aliphatic carbocycles. The number of hydrogen-bond acceptors (Lipinski definition) is 3. The maximum Gasteiger partial charge on any atom is 0.250 e. The smallest absolute Gasteiger partial charge is 0.250 e. The van der Waals surface area contributed by atoms with Crippen LogP contribution >= 0.6 is 0 Å². The van der Waals surface area contributed by atoms with Crippen LogP contribution in [0.25, 0.3) is 0 Å². The van der Waals surface area contributed by atoms with Gasteiger partial charge in [0.25, 0.3) is 5.56 Å². The van der Waals surface area contributed by atoms with Gasteiger partial charge in [0.15, 0.2) is 0 Å². The second kappa shape index (κ2) is 7.93. The SMILES string of the molecule is CCCCC(C)Nc1ccc(=O)n(CCOC)c1. The molecule has 4 nitrogen and oxygen atoms in total. The lowest BCUT2D eigenvalue weighted by atomic mass is 10.1. The Morgan fingerprint density at radius 1 is 1.44 bits per heavy atom. The molecule has 18 heavy (non-hydrogen) atoms. The topological polar surface area (TPSA) is 43.3 Å². The van der Waals surface area contributed by atoms with Crippen LogP contribution in [0.3, 0.4) is 0 Å². The van der Waals surface area contributed by atoms with Crippen LogP contribution in [0.4, 0.5) is 5.69 Å². The van der Waals surface area contributed by atoms with E-state index in [9.17, 15) is 4.79 Å². The molecule has 1 atom stereocenters. The quantitative estimate of drug-likeness (QED) is 0.773. The Labute approximate surface area is 109 Å². The molecule has 1 unspecified atom stereocenters. The molecular weight excluding hydrogens is 228 g/mol. The van der Waals surface area contributed by atoms with Crippen molar-refractivity contribution in [2.45, 2.75) is 45.7 Å². The van der Waals surface area contributed by atoms with Crippen molar-refractivity contribution in [1.82, 2.24) is 4.57 Å². The summed E-state index contributed by atoms with van der Waals surface area (Å²) in [6, 6.07) is 3.87. The van der Waals surface area contributed by atoms with Gasteiger partial charge in [-0.05, 0) is 19.4 Å². The Morgan fingerprint density at radius 3 is 2.89 bits per heavy atom. The summed E-state index contributed by atoms with van der Waals surface area (Å²) in [6.45, 7) is 5.50. The first-order chi connectivity index (χ1) is 8.67. The molecule has 1 rings (SSSR count). The third-order valence-electron chi connectivity index (χ3n) is 2.92. The van der Waals surface area contributed by atoms with Crippen molar-refractivity contribution in [2.75, 3.05) is 19.0 Å². The molecule has 0 saturated carbocycles. The lowest BCUT2D eigenvalue weighted by Crippen LogP contribution is -2.23. The van der Waals surface area contributed by atoms with E-state index < -0.39 is 0 Å². The molecule has 1 heterocycles. The van der Waals surface area contributed by atoms with Crippen LogP contribution in [0.5, 0.6) is 0 Å². The van der Waals surface area contributed by atoms with Gasteiger partial charge in [-0.3, -0.25) is 4.79 Å². The summed E-state index contributed by atoms with van der Waals surface area (Å²) < 4.78 is 6.67. The van der Waals surface area contributed by atoms with Crippen molar-refractivity contribution in [2.24, 2.45) is 0 Å². The van der Waals surface area contributed by atoms with Gasteiger partial charge in [0.05, 0.1) is 12.3 Å². The summed E-state index contributed by atoms with van der Waals surface area (Å²) in [6.07, 6.45) is 5.44. The number of aromatic nitrogens is 1. The molecule has 0 spiro atoms. The summed E-state index contributed by atoms with van der Waals surface area (Å²) in [7, 11) is 1.64. The predicted octanol–water partition coefficient (Wildman–Crippen LogP) is 2.49. The standard InChI is InChI=1S/C14H24N2O2/c1-4-5-6-12(2)15-13-7-8-14(17)16(11-13)9-10-18-3/h7-8,11-12,15H,4-6,9-10H2,1-3H3. The van der Waals surface area contributed by atoms with Crippen LogP contribution in [-0.2, 0) is 11.3 Å². The number of rotatable bonds is 8. The van der Waals surface area contributed by atoms with Crippen molar-refractivity contribution in [1.29, 1.82) is 0 Å². The Hall–Kier alpha value is -1.29. The van der Waals surface area contributed by atoms with E-state index in [1.54, 1.807) is 17.7 Å². The maximum absolute atomic E-state index is 11.6. The minimum absolute atomic E-state index is 0.0128. The van der Waals surface area contributed by atoms with Gasteiger partial charge >= 0.3 is 0 Å². The zero-order valence-corrected chi connectivity index (χ0v) is 11.6. The third kappa shape index (κ3) is 4.92. The highest BCUT2D eigenvalue weighted by Gasteiger charge is 2.03. The fraction of sp³-hybridized carbons (Fsp3) is 0.643. The number of ether oxygens (including phenoxy) is 1. The van der Waals surface area contributed by atoms with Gasteiger partial charge in [0.1, 0.15) is 0 Å². The Kier molecular flexibility index (Phi) is 6.50. The van der Waals surface area contributed by atoms with Gasteiger partial charge in [-0.1, -0.05) is 19.8 Å². The van der Waals surface area contributed by atoms with E-state index in [4.69, 9.17) is 4.74 Å². The van der Waals surface area contributed by atoms with Crippen LogP contribution in [0.2, 0.25) is 0 Å². The maximum atomic E-state index is 11.6. The van der Waals surface area contributed by atoms with E-state index >= 15 is 0 Å². The fourth-order valence-corrected chi connectivity index (χ4v) is 1.85. The zero-order valence-electron chi connectivity index (χ0n) is 11.6. The van der Waals surface area contributed by atoms with Gasteiger partial charge in [-0.25, -0.2) is 0 Å². The number of nitrogens with zero attached hydrogens (tertiary/aromatic N) is 1. The molecule has 0 aliphatic rings. The molecule has 0 aromatic carbocycles. The molecule has 0 amide bonds. The van der Waals surface area contributed by atoms with Crippen molar-refractivity contribution in [3.8, 4) is 0 Å². The summed E-state index contributed by atoms with van der Waals surface area (Å²) in [5.74, 6) is 0. The van der Waals surface area contributed by atoms with E-state index in [0.717, 1.165) is 12.1 Å². The van der Waals surface area contributed by atoms with Crippen molar-refractivity contribution < 1.29 is 4.74 Å². The van der Waals surface area contributed by atoms with Crippen LogP contribution in [0.1, 0.15) is 33.1 Å².